The van der Waals surface area contributed by atoms with E-state index in [-0.39, 0.29) is 21.5 Å². The molecule has 0 aliphatic rings. The third-order valence-electron chi connectivity index (χ3n) is 2.70. The van der Waals surface area contributed by atoms with Crippen LogP contribution in [0.4, 0.5) is 0 Å². The minimum absolute atomic E-state index is 0.212. The predicted octanol–water partition coefficient (Wildman–Crippen LogP) is 2.27. The summed E-state index contributed by atoms with van der Waals surface area (Å²) in [6, 6.07) is 12.2. The molecule has 19 heavy (non-hydrogen) atoms. The third kappa shape index (κ3) is 2.89. The number of aryl methyl sites for hydroxylation is 1. The second kappa shape index (κ2) is 4.95. The minimum atomic E-state index is -4.38. The summed E-state index contributed by atoms with van der Waals surface area (Å²) >= 11 is 0. The zero-order chi connectivity index (χ0) is 14.0. The van der Waals surface area contributed by atoms with E-state index in [0.717, 1.165) is 5.56 Å². The van der Waals surface area contributed by atoms with E-state index < -0.39 is 10.1 Å². The lowest BCUT2D eigenvalue weighted by molar-refractivity contribution is 0.483. The number of hydrogen-bond acceptors (Lipinski definition) is 3. The van der Waals surface area contributed by atoms with Crippen LogP contribution < -0.4 is 5.43 Å². The van der Waals surface area contributed by atoms with Gasteiger partial charge in [-0.2, -0.15) is 8.42 Å². The van der Waals surface area contributed by atoms with Crippen LogP contribution in [-0.4, -0.2) is 13.0 Å². The zero-order valence-electron chi connectivity index (χ0n) is 10.2. The first-order chi connectivity index (χ1) is 8.89. The fraction of sp³-hybridized carbons (Fsp3) is 0.0714. The molecule has 0 fully saturated rings. The van der Waals surface area contributed by atoms with E-state index in [1.54, 1.807) is 37.3 Å². The van der Waals surface area contributed by atoms with Gasteiger partial charge in [-0.3, -0.25) is 9.35 Å². The molecule has 0 unspecified atom stereocenters. The number of hydrogen-bond donors (Lipinski definition) is 1. The number of rotatable bonds is 2. The van der Waals surface area contributed by atoms with Gasteiger partial charge in [-0.25, -0.2) is 0 Å². The Morgan fingerprint density at radius 2 is 1.63 bits per heavy atom. The molecule has 0 heterocycles. The van der Waals surface area contributed by atoms with E-state index in [0.29, 0.717) is 0 Å². The summed E-state index contributed by atoms with van der Waals surface area (Å²) in [5.41, 5.74) is 0.943. The zero-order valence-corrected chi connectivity index (χ0v) is 11.0. The first-order valence-corrected chi connectivity index (χ1v) is 7.01. The maximum absolute atomic E-state index is 11.9. The standard InChI is InChI=1S/C14H12O4S/c1-10-7-8-14(19(16,17)18)12(9-10)11-5-3-2-4-6-13(11)15/h2-9H,1H3,(H,16,17,18). The van der Waals surface area contributed by atoms with Crippen molar-refractivity contribution in [2.45, 2.75) is 11.8 Å². The van der Waals surface area contributed by atoms with Crippen molar-refractivity contribution in [2.24, 2.45) is 0 Å². The van der Waals surface area contributed by atoms with Crippen LogP contribution in [0, 0.1) is 6.92 Å². The summed E-state index contributed by atoms with van der Waals surface area (Å²) in [6.45, 7) is 1.78. The van der Waals surface area contributed by atoms with Gasteiger partial charge >= 0.3 is 0 Å². The van der Waals surface area contributed by atoms with Crippen molar-refractivity contribution in [3.63, 3.8) is 0 Å². The molecule has 0 spiro atoms. The highest BCUT2D eigenvalue weighted by Crippen LogP contribution is 2.25. The minimum Gasteiger partial charge on any atom is -0.289 e. The molecule has 2 aromatic carbocycles. The Balaban J connectivity index is 2.87. The molecule has 0 aromatic heterocycles. The Hall–Kier alpha value is -1.98. The second-order valence-electron chi connectivity index (χ2n) is 4.16. The Labute approximate surface area is 111 Å². The Morgan fingerprint density at radius 1 is 0.947 bits per heavy atom. The van der Waals surface area contributed by atoms with Gasteiger partial charge in [0.2, 0.25) is 0 Å². The van der Waals surface area contributed by atoms with Crippen molar-refractivity contribution < 1.29 is 13.0 Å². The molecule has 0 aliphatic carbocycles. The Kier molecular flexibility index (Phi) is 3.50. The molecule has 0 aliphatic heterocycles. The first-order valence-electron chi connectivity index (χ1n) is 5.57. The average molecular weight is 276 g/mol. The van der Waals surface area contributed by atoms with E-state index in [9.17, 15) is 17.8 Å². The largest absolute Gasteiger partial charge is 0.295 e. The van der Waals surface area contributed by atoms with Crippen LogP contribution in [0.2, 0.25) is 0 Å². The van der Waals surface area contributed by atoms with Crippen molar-refractivity contribution in [2.75, 3.05) is 0 Å². The van der Waals surface area contributed by atoms with Crippen LogP contribution in [0.15, 0.2) is 58.2 Å². The maximum Gasteiger partial charge on any atom is 0.295 e. The monoisotopic (exact) mass is 276 g/mol. The number of benzene rings is 1. The quantitative estimate of drug-likeness (QED) is 0.854. The van der Waals surface area contributed by atoms with Crippen molar-refractivity contribution >= 4 is 10.1 Å². The molecule has 98 valence electrons. The van der Waals surface area contributed by atoms with Gasteiger partial charge in [-0.05, 0) is 25.1 Å². The molecule has 2 rings (SSSR count). The maximum atomic E-state index is 11.9. The average Bonchev–Trinajstić information content (AvgIpc) is 2.52. The van der Waals surface area contributed by atoms with Gasteiger partial charge in [0.05, 0.1) is 0 Å². The molecule has 0 atom stereocenters. The van der Waals surface area contributed by atoms with Crippen LogP contribution in [0.3, 0.4) is 0 Å². The summed E-state index contributed by atoms with van der Waals surface area (Å²) in [5.74, 6) is 0. The van der Waals surface area contributed by atoms with E-state index in [1.165, 1.54) is 18.2 Å². The molecule has 0 amide bonds. The van der Waals surface area contributed by atoms with Gasteiger partial charge in [0.25, 0.3) is 10.1 Å². The van der Waals surface area contributed by atoms with Crippen LogP contribution >= 0.6 is 0 Å². The molecule has 0 saturated carbocycles. The van der Waals surface area contributed by atoms with Gasteiger partial charge in [0, 0.05) is 11.1 Å². The van der Waals surface area contributed by atoms with Crippen LogP contribution in [0.5, 0.6) is 0 Å². The lowest BCUT2D eigenvalue weighted by atomic mass is 10.0. The molecule has 0 saturated heterocycles. The normalized spacial score (nSPS) is 11.3. The third-order valence-corrected chi connectivity index (χ3v) is 3.61. The summed E-state index contributed by atoms with van der Waals surface area (Å²) in [7, 11) is -4.38. The van der Waals surface area contributed by atoms with E-state index in [1.807, 2.05) is 0 Å². The molecule has 0 radical (unpaired) electrons. The van der Waals surface area contributed by atoms with Crippen molar-refractivity contribution in [1.29, 1.82) is 0 Å². The van der Waals surface area contributed by atoms with Gasteiger partial charge in [0.15, 0.2) is 5.43 Å². The smallest absolute Gasteiger partial charge is 0.289 e. The lowest BCUT2D eigenvalue weighted by Gasteiger charge is -2.06. The van der Waals surface area contributed by atoms with Gasteiger partial charge < -0.3 is 0 Å². The highest BCUT2D eigenvalue weighted by Gasteiger charge is 2.17. The van der Waals surface area contributed by atoms with E-state index >= 15 is 0 Å². The fourth-order valence-electron chi connectivity index (χ4n) is 1.83. The Bertz CT molecular complexity index is 779. The van der Waals surface area contributed by atoms with Gasteiger partial charge in [-0.15, -0.1) is 0 Å². The van der Waals surface area contributed by atoms with Gasteiger partial charge in [0.1, 0.15) is 4.90 Å². The second-order valence-corrected chi connectivity index (χ2v) is 5.55. The first kappa shape index (κ1) is 13.5. The topological polar surface area (TPSA) is 71.4 Å². The molecule has 2 aromatic rings. The molecule has 5 heteroatoms. The molecular weight excluding hydrogens is 264 g/mol. The van der Waals surface area contributed by atoms with E-state index in [2.05, 4.69) is 0 Å². The van der Waals surface area contributed by atoms with Crippen LogP contribution in [0.25, 0.3) is 11.1 Å². The lowest BCUT2D eigenvalue weighted by Crippen LogP contribution is -2.06. The van der Waals surface area contributed by atoms with Crippen LogP contribution in [-0.2, 0) is 10.1 Å². The molecular formula is C14H12O4S. The molecule has 1 N–H and O–H groups in total. The Morgan fingerprint density at radius 3 is 2.32 bits per heavy atom. The summed E-state index contributed by atoms with van der Waals surface area (Å²) in [5, 5.41) is 0. The van der Waals surface area contributed by atoms with Crippen LogP contribution in [0.1, 0.15) is 5.56 Å². The van der Waals surface area contributed by atoms with Crippen molar-refractivity contribution in [1.82, 2.24) is 0 Å². The summed E-state index contributed by atoms with van der Waals surface area (Å²) in [6.07, 6.45) is 0. The van der Waals surface area contributed by atoms with Gasteiger partial charge in [-0.1, -0.05) is 35.9 Å². The van der Waals surface area contributed by atoms with Crippen molar-refractivity contribution in [3.05, 3.63) is 64.3 Å². The summed E-state index contributed by atoms with van der Waals surface area (Å²) < 4.78 is 32.0. The summed E-state index contributed by atoms with van der Waals surface area (Å²) in [4.78, 5) is 11.7. The molecule has 4 nitrogen and oxygen atoms in total. The van der Waals surface area contributed by atoms with E-state index in [4.69, 9.17) is 0 Å². The predicted molar refractivity (Wildman–Crippen MR) is 72.7 cm³/mol. The highest BCUT2D eigenvalue weighted by atomic mass is 32.2. The highest BCUT2D eigenvalue weighted by molar-refractivity contribution is 7.86. The van der Waals surface area contributed by atoms with Crippen molar-refractivity contribution in [3.8, 4) is 11.1 Å². The fourth-order valence-corrected chi connectivity index (χ4v) is 2.52. The molecule has 0 bridgehead atoms. The SMILES string of the molecule is Cc1ccc(S(=O)(=O)O)c(-c2cccccc2=O)c1.